The number of benzene rings is 3. The van der Waals surface area contributed by atoms with Crippen LogP contribution >= 0.6 is 22.6 Å². The molecule has 0 fully saturated rings. The van der Waals surface area contributed by atoms with Crippen LogP contribution in [0.3, 0.4) is 0 Å². The minimum Gasteiger partial charge on any atom is -0.488 e. The second kappa shape index (κ2) is 8.72. The molecule has 1 N–H and O–H groups in total. The summed E-state index contributed by atoms with van der Waals surface area (Å²) in [5, 5.41) is 9.67. The van der Waals surface area contributed by atoms with Gasteiger partial charge in [-0.2, -0.15) is 5.26 Å². The van der Waals surface area contributed by atoms with Crippen LogP contribution in [0.1, 0.15) is 28.1 Å². The fraction of sp³-hybridized carbons (Fsp3) is 0.120. The number of H-pyrrole nitrogens is 1. The van der Waals surface area contributed by atoms with Crippen molar-refractivity contribution < 1.29 is 4.74 Å². The summed E-state index contributed by atoms with van der Waals surface area (Å²) in [6, 6.07) is 22.5. The van der Waals surface area contributed by atoms with Crippen molar-refractivity contribution in [3.05, 3.63) is 92.3 Å². The van der Waals surface area contributed by atoms with Gasteiger partial charge in [0, 0.05) is 0 Å². The Kier molecular flexibility index (Phi) is 5.86. The van der Waals surface area contributed by atoms with E-state index in [1.54, 1.807) is 0 Å². The van der Waals surface area contributed by atoms with Crippen LogP contribution < -0.4 is 4.74 Å². The Balaban J connectivity index is 1.55. The number of nitriles is 1. The lowest BCUT2D eigenvalue weighted by Gasteiger charge is -2.09. The summed E-state index contributed by atoms with van der Waals surface area (Å²) in [6.45, 7) is 4.63. The first-order valence-electron chi connectivity index (χ1n) is 9.58. The third-order valence-electron chi connectivity index (χ3n) is 4.79. The number of hydrogen-bond donors (Lipinski definition) is 1. The Labute approximate surface area is 189 Å². The number of halogens is 1. The zero-order valence-corrected chi connectivity index (χ0v) is 18.9. The monoisotopic (exact) mass is 505 g/mol. The van der Waals surface area contributed by atoms with E-state index in [4.69, 9.17) is 4.74 Å². The highest BCUT2D eigenvalue weighted by atomic mass is 127. The molecule has 0 aliphatic carbocycles. The van der Waals surface area contributed by atoms with Crippen molar-refractivity contribution >= 4 is 45.3 Å². The van der Waals surface area contributed by atoms with Gasteiger partial charge in [0.05, 0.1) is 20.2 Å². The zero-order valence-electron chi connectivity index (χ0n) is 16.7. The van der Waals surface area contributed by atoms with Gasteiger partial charge in [0.2, 0.25) is 0 Å². The van der Waals surface area contributed by atoms with Crippen LogP contribution in [0.4, 0.5) is 0 Å². The third kappa shape index (κ3) is 4.55. The van der Waals surface area contributed by atoms with E-state index in [0.29, 0.717) is 18.0 Å². The second-order valence-electron chi connectivity index (χ2n) is 7.24. The molecule has 148 valence electrons. The first-order valence-corrected chi connectivity index (χ1v) is 10.7. The Hall–Kier alpha value is -3.11. The Morgan fingerprint density at radius 1 is 1.07 bits per heavy atom. The van der Waals surface area contributed by atoms with E-state index in [1.165, 1.54) is 5.56 Å². The number of ether oxygens (including phenoxy) is 1. The molecule has 4 aromatic rings. The molecule has 0 spiro atoms. The summed E-state index contributed by atoms with van der Waals surface area (Å²) in [5.74, 6) is 1.40. The molecule has 0 saturated carbocycles. The van der Waals surface area contributed by atoms with Gasteiger partial charge in [0.1, 0.15) is 24.3 Å². The van der Waals surface area contributed by atoms with Crippen LogP contribution in [-0.2, 0) is 6.61 Å². The molecule has 0 bridgehead atoms. The van der Waals surface area contributed by atoms with Crippen LogP contribution in [0, 0.1) is 28.7 Å². The summed E-state index contributed by atoms with van der Waals surface area (Å²) in [6.07, 6.45) is 1.84. The molecule has 30 heavy (non-hydrogen) atoms. The Bertz CT molecular complexity index is 1280. The average Bonchev–Trinajstić information content (AvgIpc) is 3.15. The maximum atomic E-state index is 9.67. The number of allylic oxidation sites excluding steroid dienone is 1. The second-order valence-corrected chi connectivity index (χ2v) is 8.40. The normalized spacial score (nSPS) is 11.5. The van der Waals surface area contributed by atoms with Gasteiger partial charge >= 0.3 is 0 Å². The summed E-state index contributed by atoms with van der Waals surface area (Å²) in [7, 11) is 0. The van der Waals surface area contributed by atoms with Crippen LogP contribution in [0.15, 0.2) is 60.7 Å². The SMILES string of the molecule is Cc1ccc(COc2ccc(/C=C(/C#N)c3nc4ccc(C)cc4[nH]3)cc2I)cc1. The maximum absolute atomic E-state index is 9.67. The summed E-state index contributed by atoms with van der Waals surface area (Å²) in [5.41, 5.74) is 6.72. The van der Waals surface area contributed by atoms with Crippen LogP contribution in [0.25, 0.3) is 22.7 Å². The average molecular weight is 505 g/mol. The Morgan fingerprint density at radius 2 is 1.83 bits per heavy atom. The van der Waals surface area contributed by atoms with Gasteiger partial charge in [-0.15, -0.1) is 0 Å². The van der Waals surface area contributed by atoms with Gasteiger partial charge in [-0.25, -0.2) is 4.98 Å². The van der Waals surface area contributed by atoms with Crippen molar-refractivity contribution in [2.45, 2.75) is 20.5 Å². The van der Waals surface area contributed by atoms with Crippen LogP contribution in [-0.4, -0.2) is 9.97 Å². The fourth-order valence-corrected chi connectivity index (χ4v) is 3.84. The molecule has 0 amide bonds. The van der Waals surface area contributed by atoms with Crippen molar-refractivity contribution in [1.82, 2.24) is 9.97 Å². The lowest BCUT2D eigenvalue weighted by molar-refractivity contribution is 0.304. The summed E-state index contributed by atoms with van der Waals surface area (Å²) >= 11 is 2.26. The number of hydrogen-bond acceptors (Lipinski definition) is 3. The van der Waals surface area contributed by atoms with E-state index in [-0.39, 0.29) is 0 Å². The highest BCUT2D eigenvalue weighted by Gasteiger charge is 2.09. The molecule has 0 saturated heterocycles. The van der Waals surface area contributed by atoms with E-state index in [9.17, 15) is 5.26 Å². The molecule has 0 unspecified atom stereocenters. The van der Waals surface area contributed by atoms with E-state index in [2.05, 4.69) is 69.8 Å². The van der Waals surface area contributed by atoms with Gasteiger partial charge < -0.3 is 9.72 Å². The molecule has 1 aromatic heterocycles. The zero-order chi connectivity index (χ0) is 21.1. The number of nitrogens with zero attached hydrogens (tertiary/aromatic N) is 2. The van der Waals surface area contributed by atoms with Gasteiger partial charge in [-0.1, -0.05) is 42.0 Å². The number of aromatic amines is 1. The fourth-order valence-electron chi connectivity index (χ4n) is 3.14. The summed E-state index contributed by atoms with van der Waals surface area (Å²) < 4.78 is 6.96. The van der Waals surface area contributed by atoms with E-state index < -0.39 is 0 Å². The Morgan fingerprint density at radius 3 is 2.57 bits per heavy atom. The molecule has 0 radical (unpaired) electrons. The van der Waals surface area contributed by atoms with Gasteiger partial charge in [0.25, 0.3) is 0 Å². The smallest absolute Gasteiger partial charge is 0.149 e. The van der Waals surface area contributed by atoms with Crippen molar-refractivity contribution in [2.75, 3.05) is 0 Å². The number of nitrogens with one attached hydrogen (secondary N) is 1. The lowest BCUT2D eigenvalue weighted by atomic mass is 10.1. The number of aromatic nitrogens is 2. The van der Waals surface area contributed by atoms with E-state index >= 15 is 0 Å². The van der Waals surface area contributed by atoms with Crippen LogP contribution in [0.5, 0.6) is 5.75 Å². The predicted octanol–water partition coefficient (Wildman–Crippen LogP) is 6.43. The predicted molar refractivity (Wildman–Crippen MR) is 129 cm³/mol. The molecule has 4 nitrogen and oxygen atoms in total. The molecule has 4 rings (SSSR count). The van der Waals surface area contributed by atoms with Crippen LogP contribution in [0.2, 0.25) is 0 Å². The molecular weight excluding hydrogens is 485 g/mol. The lowest BCUT2D eigenvalue weighted by Crippen LogP contribution is -1.97. The number of aryl methyl sites for hydroxylation is 2. The summed E-state index contributed by atoms with van der Waals surface area (Å²) in [4.78, 5) is 7.80. The van der Waals surface area contributed by atoms with Gasteiger partial charge in [-0.3, -0.25) is 0 Å². The molecule has 0 atom stereocenters. The minimum absolute atomic E-state index is 0.493. The van der Waals surface area contributed by atoms with Crippen molar-refractivity contribution in [3.8, 4) is 11.8 Å². The molecule has 0 aliphatic rings. The molecule has 5 heteroatoms. The molecule has 0 aliphatic heterocycles. The topological polar surface area (TPSA) is 61.7 Å². The van der Waals surface area contributed by atoms with E-state index in [0.717, 1.165) is 37.0 Å². The van der Waals surface area contributed by atoms with Crippen molar-refractivity contribution in [2.24, 2.45) is 0 Å². The van der Waals surface area contributed by atoms with E-state index in [1.807, 2.05) is 49.4 Å². The largest absolute Gasteiger partial charge is 0.488 e. The highest BCUT2D eigenvalue weighted by molar-refractivity contribution is 14.1. The number of rotatable bonds is 5. The third-order valence-corrected chi connectivity index (χ3v) is 5.64. The molecular formula is C25H20IN3O. The molecule has 1 heterocycles. The molecule has 3 aromatic carbocycles. The number of fused-ring (bicyclic) bond motifs is 1. The quantitative estimate of drug-likeness (QED) is 0.251. The van der Waals surface area contributed by atoms with Crippen molar-refractivity contribution in [1.29, 1.82) is 5.26 Å². The first-order chi connectivity index (χ1) is 14.5. The highest BCUT2D eigenvalue weighted by Crippen LogP contribution is 2.26. The first kappa shape index (κ1) is 20.2. The van der Waals surface area contributed by atoms with Crippen molar-refractivity contribution in [3.63, 3.8) is 0 Å². The number of imidazole rings is 1. The maximum Gasteiger partial charge on any atom is 0.149 e. The van der Waals surface area contributed by atoms with Gasteiger partial charge in [-0.05, 0) is 83.5 Å². The van der Waals surface area contributed by atoms with Gasteiger partial charge in [0.15, 0.2) is 0 Å². The minimum atomic E-state index is 0.493. The standard InChI is InChI=1S/C25H20IN3O/c1-16-3-6-18(7-4-16)15-30-24-10-8-19(13-21(24)26)12-20(14-27)25-28-22-9-5-17(2)11-23(22)29-25/h3-13H,15H2,1-2H3,(H,28,29)/b20-12-.